The third kappa shape index (κ3) is 695. The first-order chi connectivity index (χ1) is 7.00. The summed E-state index contributed by atoms with van der Waals surface area (Å²) in [6.45, 7) is 28.5. The molecule has 0 atom stereocenters. The first-order valence-electron chi connectivity index (χ1n) is 2.34. The zero-order chi connectivity index (χ0) is 14.0. The zero-order valence-corrected chi connectivity index (χ0v) is 19.4. The fourth-order valence-corrected chi connectivity index (χ4v) is 0. The maximum absolute atomic E-state index is 6.25. The van der Waals surface area contributed by atoms with E-state index in [2.05, 4.69) is 0 Å². The molecule has 0 unspecified atom stereocenters. The molecule has 2 radical (unpaired) electrons. The van der Waals surface area contributed by atoms with Gasteiger partial charge in [-0.05, 0) is 0 Å². The molecule has 72 valence electrons. The molecule has 0 amide bonds. The molecular weight excluding hydrogens is 332 g/mol. The Hall–Kier alpha value is 2.36. The van der Waals surface area contributed by atoms with Crippen molar-refractivity contribution in [2.24, 2.45) is 0 Å². The van der Waals surface area contributed by atoms with E-state index < -0.39 is 0 Å². The first kappa shape index (κ1) is 63.2. The molecular formula is C6CoK3N6-6. The van der Waals surface area contributed by atoms with Crippen molar-refractivity contribution >= 4 is 115 Å². The van der Waals surface area contributed by atoms with E-state index >= 15 is 0 Å². The van der Waals surface area contributed by atoms with Gasteiger partial charge in [-0.25, -0.2) is 0 Å². The van der Waals surface area contributed by atoms with Crippen LogP contribution in [0.25, 0.3) is 0 Å². The Kier molecular flexibility index (Phi) is 3300. The van der Waals surface area contributed by atoms with Crippen LogP contribution in [-0.2, 0) is 16.8 Å². The number of nitrogens with zero attached hydrogens (tertiary/aromatic N) is 6. The van der Waals surface area contributed by atoms with Gasteiger partial charge in [0.1, 0.15) is 0 Å². The van der Waals surface area contributed by atoms with Gasteiger partial charge >= 0.3 is 63.2 Å². The van der Waals surface area contributed by atoms with Crippen LogP contribution in [0.3, 0.4) is 0 Å². The van der Waals surface area contributed by atoms with E-state index in [1.807, 2.05) is 0 Å². The van der Waals surface area contributed by atoms with Crippen LogP contribution in [0.5, 0.6) is 0 Å². The molecule has 16 heavy (non-hydrogen) atoms. The van der Waals surface area contributed by atoms with E-state index in [9.17, 15) is 0 Å². The van der Waals surface area contributed by atoms with Gasteiger partial charge in [-0.3, -0.25) is 0 Å². The number of hydrogen-bond donors (Lipinski definition) is 0. The Morgan fingerprint density at radius 1 is 0.438 bits per heavy atom. The third-order valence-corrected chi connectivity index (χ3v) is 0. The molecule has 0 fully saturated rings. The van der Waals surface area contributed by atoms with Crippen LogP contribution in [0.15, 0.2) is 0 Å². The van der Waals surface area contributed by atoms with Crippen molar-refractivity contribution in [2.75, 3.05) is 0 Å². The van der Waals surface area contributed by atoms with Crippen LogP contribution in [0.4, 0.5) is 0 Å². The molecule has 0 aromatic heterocycles. The van der Waals surface area contributed by atoms with Gasteiger partial charge in [0.25, 0.3) is 0 Å². The van der Waals surface area contributed by atoms with Gasteiger partial charge in [0.15, 0.2) is 0 Å². The molecule has 10 heteroatoms. The van der Waals surface area contributed by atoms with Gasteiger partial charge in [-0.2, -0.15) is 0 Å². The van der Waals surface area contributed by atoms with Crippen LogP contribution < -0.4 is 0 Å². The summed E-state index contributed by atoms with van der Waals surface area (Å²) in [7, 11) is 0. The molecule has 0 aliphatic rings. The van der Waals surface area contributed by atoms with Crippen molar-refractivity contribution in [3.63, 3.8) is 0 Å². The van der Waals surface area contributed by atoms with Gasteiger partial charge in [0, 0.05) is 68.2 Å². The molecule has 0 saturated carbocycles. The molecule has 0 aliphatic carbocycles. The second-order valence-electron chi connectivity index (χ2n) is 0. The van der Waals surface area contributed by atoms with E-state index in [0.29, 0.717) is 0 Å². The van der Waals surface area contributed by atoms with Crippen molar-refractivity contribution in [3.05, 3.63) is 39.4 Å². The van der Waals surface area contributed by atoms with E-state index in [4.69, 9.17) is 71.0 Å². The van der Waals surface area contributed by atoms with Crippen LogP contribution in [0.1, 0.15) is 0 Å². The Bertz CT molecular complexity index is 103. The maximum atomic E-state index is 6.25. The molecule has 0 rings (SSSR count). The predicted molar refractivity (Wildman–Crippen MR) is 47.1 cm³/mol. The van der Waals surface area contributed by atoms with Crippen molar-refractivity contribution in [1.82, 2.24) is 0 Å². The summed E-state index contributed by atoms with van der Waals surface area (Å²) in [5, 5.41) is 37.5. The molecule has 0 saturated heterocycles. The van der Waals surface area contributed by atoms with E-state index in [-0.39, 0.29) is 68.2 Å². The summed E-state index contributed by atoms with van der Waals surface area (Å²) < 4.78 is 0. The van der Waals surface area contributed by atoms with Crippen LogP contribution >= 0.6 is 0 Å². The molecule has 0 spiro atoms. The Morgan fingerprint density at radius 3 is 0.438 bits per heavy atom. The standard InChI is InChI=1S/6CN.Co.3K/c6*1-2;;;;/q6*-1;;;;. The summed E-state index contributed by atoms with van der Waals surface area (Å²) in [5.41, 5.74) is 0. The quantitative estimate of drug-likeness (QED) is 0.429. The van der Waals surface area contributed by atoms with Crippen LogP contribution in [-0.4, -0.2) is 115 Å². The van der Waals surface area contributed by atoms with E-state index in [0.717, 1.165) is 0 Å². The third-order valence-electron chi connectivity index (χ3n) is 0. The average Bonchev–Trinajstić information content (AvgIpc) is 2.45. The zero-order valence-electron chi connectivity index (χ0n) is 9.02. The van der Waals surface area contributed by atoms with Crippen molar-refractivity contribution in [2.45, 2.75) is 0 Å². The van der Waals surface area contributed by atoms with Gasteiger partial charge in [0.05, 0.1) is 0 Å². The minimum absolute atomic E-state index is 0. The monoisotopic (exact) mass is 332 g/mol. The molecule has 0 heterocycles. The number of hydrogen-bond acceptors (Lipinski definition) is 6. The average molecular weight is 332 g/mol. The predicted octanol–water partition coefficient (Wildman–Crippen LogP) is -0.567. The van der Waals surface area contributed by atoms with Crippen molar-refractivity contribution in [1.29, 1.82) is 31.6 Å². The van der Waals surface area contributed by atoms with Gasteiger partial charge in [0.2, 0.25) is 0 Å². The Morgan fingerprint density at radius 2 is 0.438 bits per heavy atom. The normalized spacial score (nSPS) is 1.25. The summed E-state index contributed by atoms with van der Waals surface area (Å²) in [6, 6.07) is 0. The SMILES string of the molecule is [C-]#N.[C-]#N.[C-]#N.[C-]#N.[C-]#N.[C-]#N.[Co].[K].[K][K]. The molecule has 0 aromatic rings. The van der Waals surface area contributed by atoms with Crippen LogP contribution in [0, 0.1) is 71.0 Å². The van der Waals surface area contributed by atoms with Crippen molar-refractivity contribution in [3.8, 4) is 0 Å². The topological polar surface area (TPSA) is 143 Å². The van der Waals surface area contributed by atoms with Gasteiger partial charge in [-0.1, -0.05) is 0 Å². The Balaban J connectivity index is -0.00000000500. The first-order valence-corrected chi connectivity index (χ1v) is 18.3. The summed E-state index contributed by atoms with van der Waals surface area (Å²) in [4.78, 5) is 0. The fourth-order valence-electron chi connectivity index (χ4n) is 0. The van der Waals surface area contributed by atoms with Crippen molar-refractivity contribution < 1.29 is 16.8 Å². The second-order valence-corrected chi connectivity index (χ2v) is 0. The molecule has 0 bridgehead atoms. The molecule has 0 aliphatic heterocycles. The molecule has 6 nitrogen and oxygen atoms in total. The van der Waals surface area contributed by atoms with E-state index in [1.54, 1.807) is 0 Å². The molecule has 0 aromatic carbocycles. The summed E-state index contributed by atoms with van der Waals surface area (Å²) in [5.74, 6) is 0. The fraction of sp³-hybridized carbons (Fsp3) is 0. The minimum atomic E-state index is 0. The molecule has 0 N–H and O–H groups in total. The van der Waals surface area contributed by atoms with Gasteiger partial charge in [-0.15, -0.1) is 0 Å². The van der Waals surface area contributed by atoms with Crippen LogP contribution in [0.2, 0.25) is 0 Å². The van der Waals surface area contributed by atoms with Gasteiger partial charge < -0.3 is 71.0 Å². The number of rotatable bonds is 0. The van der Waals surface area contributed by atoms with E-state index in [1.165, 1.54) is 63.2 Å². The second kappa shape index (κ2) is 837. The summed E-state index contributed by atoms with van der Waals surface area (Å²) >= 11 is 2.50. The summed E-state index contributed by atoms with van der Waals surface area (Å²) in [6.07, 6.45) is 0. The Labute approximate surface area is 195 Å².